The summed E-state index contributed by atoms with van der Waals surface area (Å²) < 4.78 is 21.1. The van der Waals surface area contributed by atoms with Crippen molar-refractivity contribution in [2.45, 2.75) is 11.3 Å². The third-order valence-corrected chi connectivity index (χ3v) is 4.72. The Morgan fingerprint density at radius 2 is 1.91 bits per heavy atom. The number of nitrogens with one attached hydrogen (secondary N) is 1. The maximum Gasteiger partial charge on any atom is 0.254 e. The normalized spacial score (nSPS) is 13.9. The predicted octanol–water partition coefficient (Wildman–Crippen LogP) is 1.82. The first-order chi connectivity index (χ1) is 10.9. The highest BCUT2D eigenvalue weighted by Crippen LogP contribution is 2.22. The van der Waals surface area contributed by atoms with E-state index in [1.807, 2.05) is 31.1 Å². The summed E-state index contributed by atoms with van der Waals surface area (Å²) in [7, 11) is 1.23. The van der Waals surface area contributed by atoms with Crippen LogP contribution in [0.15, 0.2) is 41.7 Å². The van der Waals surface area contributed by atoms with Crippen molar-refractivity contribution in [2.24, 2.45) is 0 Å². The van der Waals surface area contributed by atoms with E-state index in [1.165, 1.54) is 12.6 Å². The first kappa shape index (κ1) is 15.4. The van der Waals surface area contributed by atoms with E-state index in [4.69, 9.17) is 4.78 Å². The van der Waals surface area contributed by atoms with Crippen LogP contribution in [0.25, 0.3) is 5.78 Å². The first-order valence-corrected chi connectivity index (χ1v) is 9.00. The van der Waals surface area contributed by atoms with Gasteiger partial charge in [0, 0.05) is 43.4 Å². The standard InChI is InChI=1S/C15H18N6OS/c1-20(2)14-12(9-17-15-18-10-19-21(14)15)8-11-4-6-13(7-5-11)23(3,16)22/h4-7,9-10,16H,8H2,1-3H3. The summed E-state index contributed by atoms with van der Waals surface area (Å²) in [6, 6.07) is 7.30. The molecule has 7 nitrogen and oxygen atoms in total. The molecule has 0 bridgehead atoms. The highest BCUT2D eigenvalue weighted by atomic mass is 32.2. The Balaban J connectivity index is 1.99. The molecule has 3 aromatic rings. The van der Waals surface area contributed by atoms with Gasteiger partial charge in [0.05, 0.1) is 9.73 Å². The van der Waals surface area contributed by atoms with Crippen LogP contribution in [0, 0.1) is 4.78 Å². The second-order valence-electron chi connectivity index (χ2n) is 5.64. The molecule has 0 aliphatic heterocycles. The molecule has 3 rings (SSSR count). The van der Waals surface area contributed by atoms with Crippen molar-refractivity contribution in [3.05, 3.63) is 47.9 Å². The minimum Gasteiger partial charge on any atom is -0.362 e. The van der Waals surface area contributed by atoms with Crippen LogP contribution < -0.4 is 4.90 Å². The molecule has 120 valence electrons. The van der Waals surface area contributed by atoms with Gasteiger partial charge in [0.15, 0.2) is 0 Å². The number of nitrogens with zero attached hydrogens (tertiary/aromatic N) is 5. The van der Waals surface area contributed by atoms with E-state index in [1.54, 1.807) is 22.8 Å². The minimum absolute atomic E-state index is 0.541. The average molecular weight is 330 g/mol. The van der Waals surface area contributed by atoms with E-state index in [2.05, 4.69) is 15.1 Å². The summed E-state index contributed by atoms with van der Waals surface area (Å²) in [6.07, 6.45) is 5.38. The fourth-order valence-corrected chi connectivity index (χ4v) is 3.15. The van der Waals surface area contributed by atoms with Crippen LogP contribution in [0.3, 0.4) is 0 Å². The summed E-state index contributed by atoms with van der Waals surface area (Å²) in [6.45, 7) is 0. The fourth-order valence-electron chi connectivity index (χ4n) is 2.49. The van der Waals surface area contributed by atoms with Crippen molar-refractivity contribution >= 4 is 21.3 Å². The van der Waals surface area contributed by atoms with E-state index in [9.17, 15) is 4.21 Å². The molecule has 1 N–H and O–H groups in total. The van der Waals surface area contributed by atoms with E-state index >= 15 is 0 Å². The van der Waals surface area contributed by atoms with Crippen molar-refractivity contribution in [2.75, 3.05) is 25.3 Å². The molecule has 0 aliphatic carbocycles. The second-order valence-corrected chi connectivity index (χ2v) is 7.80. The van der Waals surface area contributed by atoms with Crippen LogP contribution in [0.4, 0.5) is 5.82 Å². The Hall–Kier alpha value is -2.48. The molecule has 0 amide bonds. The zero-order chi connectivity index (χ0) is 16.6. The molecule has 8 heteroatoms. The SMILES string of the molecule is CN(C)c1c(Cc2ccc(S(C)(=N)=O)cc2)cnc2ncnn12. The molecule has 2 aromatic heterocycles. The maximum atomic E-state index is 11.7. The molecule has 0 saturated carbocycles. The molecule has 1 aromatic carbocycles. The van der Waals surface area contributed by atoms with E-state index in [-0.39, 0.29) is 0 Å². The molecular formula is C15H18N6OS. The molecule has 1 unspecified atom stereocenters. The maximum absolute atomic E-state index is 11.7. The van der Waals surface area contributed by atoms with Gasteiger partial charge in [0.25, 0.3) is 5.78 Å². The summed E-state index contributed by atoms with van der Waals surface area (Å²) in [5.41, 5.74) is 2.07. The van der Waals surface area contributed by atoms with Crippen LogP contribution in [0.5, 0.6) is 0 Å². The van der Waals surface area contributed by atoms with Gasteiger partial charge in [-0.3, -0.25) is 0 Å². The largest absolute Gasteiger partial charge is 0.362 e. The predicted molar refractivity (Wildman–Crippen MR) is 89.4 cm³/mol. The Bertz CT molecular complexity index is 944. The summed E-state index contributed by atoms with van der Waals surface area (Å²) in [5.74, 6) is 1.49. The number of hydrogen-bond acceptors (Lipinski definition) is 6. The number of anilines is 1. The van der Waals surface area contributed by atoms with Crippen LogP contribution >= 0.6 is 0 Å². The van der Waals surface area contributed by atoms with Gasteiger partial charge in [-0.05, 0) is 17.7 Å². The summed E-state index contributed by atoms with van der Waals surface area (Å²) in [4.78, 5) is 11.0. The number of fused-ring (bicyclic) bond motifs is 1. The average Bonchev–Trinajstić information content (AvgIpc) is 2.94. The van der Waals surface area contributed by atoms with E-state index in [0.29, 0.717) is 17.1 Å². The Labute approximate surface area is 135 Å². The van der Waals surface area contributed by atoms with Crippen LogP contribution in [-0.4, -0.2) is 44.1 Å². The zero-order valence-electron chi connectivity index (χ0n) is 13.2. The lowest BCUT2D eigenvalue weighted by atomic mass is 10.1. The number of benzene rings is 1. The third-order valence-electron chi connectivity index (χ3n) is 3.54. The Morgan fingerprint density at radius 1 is 1.22 bits per heavy atom. The molecule has 0 aliphatic rings. The smallest absolute Gasteiger partial charge is 0.254 e. The molecular weight excluding hydrogens is 312 g/mol. The van der Waals surface area contributed by atoms with Crippen LogP contribution in [0.2, 0.25) is 0 Å². The molecule has 1 atom stereocenters. The van der Waals surface area contributed by atoms with Crippen LogP contribution in [-0.2, 0) is 16.1 Å². The Kier molecular flexibility index (Phi) is 3.77. The summed E-state index contributed by atoms with van der Waals surface area (Å²) in [5, 5.41) is 4.23. The first-order valence-electron chi connectivity index (χ1n) is 7.04. The fraction of sp³-hybridized carbons (Fsp3) is 0.267. The molecule has 0 spiro atoms. The van der Waals surface area contributed by atoms with Gasteiger partial charge in [0.2, 0.25) is 0 Å². The quantitative estimate of drug-likeness (QED) is 0.788. The van der Waals surface area contributed by atoms with E-state index < -0.39 is 9.73 Å². The highest BCUT2D eigenvalue weighted by Gasteiger charge is 2.13. The van der Waals surface area contributed by atoms with Gasteiger partial charge < -0.3 is 4.90 Å². The van der Waals surface area contributed by atoms with Gasteiger partial charge in [-0.15, -0.1) is 0 Å². The topological polar surface area (TPSA) is 87.2 Å². The van der Waals surface area contributed by atoms with Crippen molar-refractivity contribution in [3.63, 3.8) is 0 Å². The lowest BCUT2D eigenvalue weighted by Crippen LogP contribution is -2.17. The van der Waals surface area contributed by atoms with Gasteiger partial charge in [0.1, 0.15) is 12.1 Å². The van der Waals surface area contributed by atoms with Crippen molar-refractivity contribution in [1.29, 1.82) is 4.78 Å². The van der Waals surface area contributed by atoms with Gasteiger partial charge in [-0.2, -0.15) is 14.6 Å². The lowest BCUT2D eigenvalue weighted by molar-refractivity contribution is 0.679. The monoisotopic (exact) mass is 330 g/mol. The molecule has 2 heterocycles. The third kappa shape index (κ3) is 3.02. The van der Waals surface area contributed by atoms with Gasteiger partial charge in [-0.1, -0.05) is 12.1 Å². The van der Waals surface area contributed by atoms with Crippen LogP contribution in [0.1, 0.15) is 11.1 Å². The molecule has 0 fully saturated rings. The van der Waals surface area contributed by atoms with Gasteiger partial charge in [-0.25, -0.2) is 14.0 Å². The number of rotatable bonds is 4. The van der Waals surface area contributed by atoms with Crippen molar-refractivity contribution < 1.29 is 4.21 Å². The molecule has 0 saturated heterocycles. The highest BCUT2D eigenvalue weighted by molar-refractivity contribution is 7.91. The van der Waals surface area contributed by atoms with Crippen molar-refractivity contribution in [1.82, 2.24) is 19.6 Å². The Morgan fingerprint density at radius 3 is 2.52 bits per heavy atom. The minimum atomic E-state index is -2.68. The summed E-state index contributed by atoms with van der Waals surface area (Å²) >= 11 is 0. The number of hydrogen-bond donors (Lipinski definition) is 1. The zero-order valence-corrected chi connectivity index (χ0v) is 14.0. The van der Waals surface area contributed by atoms with E-state index in [0.717, 1.165) is 16.9 Å². The number of aromatic nitrogens is 4. The molecule has 0 radical (unpaired) electrons. The van der Waals surface area contributed by atoms with Crippen molar-refractivity contribution in [3.8, 4) is 0 Å². The molecule has 23 heavy (non-hydrogen) atoms. The lowest BCUT2D eigenvalue weighted by Gasteiger charge is -2.18. The van der Waals surface area contributed by atoms with Gasteiger partial charge >= 0.3 is 0 Å². The second kappa shape index (κ2) is 5.62.